The van der Waals surface area contributed by atoms with E-state index in [2.05, 4.69) is 4.98 Å². The van der Waals surface area contributed by atoms with Crippen LogP contribution in [-0.2, 0) is 6.18 Å². The Kier molecular flexibility index (Phi) is 2.38. The van der Waals surface area contributed by atoms with Crippen LogP contribution in [0.15, 0.2) is 36.7 Å². The molecule has 0 aliphatic carbocycles. The van der Waals surface area contributed by atoms with Crippen LogP contribution < -0.4 is 5.73 Å². The molecule has 0 bridgehead atoms. The van der Waals surface area contributed by atoms with Gasteiger partial charge in [0.1, 0.15) is 0 Å². The lowest BCUT2D eigenvalue weighted by Crippen LogP contribution is -2.04. The van der Waals surface area contributed by atoms with Gasteiger partial charge in [0.25, 0.3) is 0 Å². The first-order valence-corrected chi connectivity index (χ1v) is 4.58. The van der Waals surface area contributed by atoms with Gasteiger partial charge in [0.2, 0.25) is 0 Å². The van der Waals surface area contributed by atoms with E-state index in [0.717, 1.165) is 12.1 Å². The largest absolute Gasteiger partial charge is 0.416 e. The number of halogens is 3. The van der Waals surface area contributed by atoms with Crippen molar-refractivity contribution in [3.8, 4) is 11.1 Å². The van der Waals surface area contributed by atoms with Gasteiger partial charge in [-0.2, -0.15) is 13.2 Å². The van der Waals surface area contributed by atoms with Gasteiger partial charge in [0, 0.05) is 18.0 Å². The summed E-state index contributed by atoms with van der Waals surface area (Å²) in [5, 5.41) is 0. The van der Waals surface area contributed by atoms with Crippen LogP contribution in [0.4, 0.5) is 18.9 Å². The summed E-state index contributed by atoms with van der Waals surface area (Å²) in [6, 6.07) is 5.07. The highest BCUT2D eigenvalue weighted by Crippen LogP contribution is 2.33. The summed E-state index contributed by atoms with van der Waals surface area (Å²) in [5.41, 5.74) is 6.40. The van der Waals surface area contributed by atoms with Crippen LogP contribution in [0.1, 0.15) is 5.56 Å². The molecule has 16 heavy (non-hydrogen) atoms. The van der Waals surface area contributed by atoms with Crippen molar-refractivity contribution in [3.05, 3.63) is 42.2 Å². The molecule has 0 spiro atoms. The lowest BCUT2D eigenvalue weighted by Gasteiger charge is -2.08. The van der Waals surface area contributed by atoms with Gasteiger partial charge in [-0.05, 0) is 17.7 Å². The van der Waals surface area contributed by atoms with Crippen molar-refractivity contribution in [1.82, 2.24) is 4.98 Å². The fourth-order valence-electron chi connectivity index (χ4n) is 1.49. The number of rotatable bonds is 1. The Bertz CT molecular complexity index is 500. The number of nitrogens with one attached hydrogen (secondary N) is 1. The van der Waals surface area contributed by atoms with Crippen molar-refractivity contribution in [1.29, 1.82) is 0 Å². The van der Waals surface area contributed by atoms with Gasteiger partial charge in [0.15, 0.2) is 0 Å². The maximum absolute atomic E-state index is 12.5. The molecule has 2 rings (SSSR count). The summed E-state index contributed by atoms with van der Waals surface area (Å²) in [4.78, 5) is 2.75. The van der Waals surface area contributed by atoms with Crippen LogP contribution in [-0.4, -0.2) is 4.98 Å². The summed E-state index contributed by atoms with van der Waals surface area (Å²) in [6.07, 6.45) is -1.22. The SMILES string of the molecule is Nc1c[nH]cc1-c1cccc(C(F)(F)F)c1. The summed E-state index contributed by atoms with van der Waals surface area (Å²) >= 11 is 0. The number of aromatic amines is 1. The van der Waals surface area contributed by atoms with Crippen LogP contribution in [0.25, 0.3) is 11.1 Å². The maximum Gasteiger partial charge on any atom is 0.416 e. The summed E-state index contributed by atoms with van der Waals surface area (Å²) in [5.74, 6) is 0. The molecular weight excluding hydrogens is 217 g/mol. The van der Waals surface area contributed by atoms with Crippen LogP contribution >= 0.6 is 0 Å². The molecule has 0 fully saturated rings. The number of anilines is 1. The molecule has 0 unspecified atom stereocenters. The third-order valence-electron chi connectivity index (χ3n) is 2.28. The van der Waals surface area contributed by atoms with E-state index in [9.17, 15) is 13.2 Å². The molecule has 0 radical (unpaired) electrons. The van der Waals surface area contributed by atoms with Gasteiger partial charge in [-0.1, -0.05) is 12.1 Å². The smallest absolute Gasteiger partial charge is 0.397 e. The highest BCUT2D eigenvalue weighted by Gasteiger charge is 2.30. The van der Waals surface area contributed by atoms with E-state index in [0.29, 0.717) is 16.8 Å². The van der Waals surface area contributed by atoms with Crippen molar-refractivity contribution >= 4 is 5.69 Å². The molecule has 0 aliphatic heterocycles. The lowest BCUT2D eigenvalue weighted by atomic mass is 10.0. The second kappa shape index (κ2) is 3.59. The normalized spacial score (nSPS) is 11.7. The van der Waals surface area contributed by atoms with Crippen LogP contribution in [0, 0.1) is 0 Å². The Hall–Kier alpha value is -1.91. The molecule has 1 aromatic heterocycles. The van der Waals surface area contributed by atoms with Gasteiger partial charge < -0.3 is 10.7 Å². The maximum atomic E-state index is 12.5. The zero-order chi connectivity index (χ0) is 11.8. The molecule has 0 saturated heterocycles. The van der Waals surface area contributed by atoms with Crippen molar-refractivity contribution in [2.24, 2.45) is 0 Å². The Morgan fingerprint density at radius 3 is 2.44 bits per heavy atom. The number of H-pyrrole nitrogens is 1. The average Bonchev–Trinajstić information content (AvgIpc) is 2.63. The third kappa shape index (κ3) is 1.88. The Morgan fingerprint density at radius 1 is 1.12 bits per heavy atom. The van der Waals surface area contributed by atoms with Crippen molar-refractivity contribution in [2.75, 3.05) is 5.73 Å². The monoisotopic (exact) mass is 226 g/mol. The van der Waals surface area contributed by atoms with E-state index in [-0.39, 0.29) is 0 Å². The van der Waals surface area contributed by atoms with Gasteiger partial charge in [-0.25, -0.2) is 0 Å². The van der Waals surface area contributed by atoms with E-state index in [4.69, 9.17) is 5.73 Å². The van der Waals surface area contributed by atoms with Crippen molar-refractivity contribution in [3.63, 3.8) is 0 Å². The molecular formula is C11H9F3N2. The van der Waals surface area contributed by atoms with Gasteiger partial charge in [0.05, 0.1) is 11.3 Å². The van der Waals surface area contributed by atoms with Crippen molar-refractivity contribution < 1.29 is 13.2 Å². The first-order valence-electron chi connectivity index (χ1n) is 4.58. The molecule has 0 saturated carbocycles. The lowest BCUT2D eigenvalue weighted by molar-refractivity contribution is -0.137. The fraction of sp³-hybridized carbons (Fsp3) is 0.0909. The van der Waals surface area contributed by atoms with Crippen molar-refractivity contribution in [2.45, 2.75) is 6.18 Å². The molecule has 0 amide bonds. The first-order chi connectivity index (χ1) is 7.48. The second-order valence-corrected chi connectivity index (χ2v) is 3.40. The van der Waals surface area contributed by atoms with E-state index in [1.165, 1.54) is 12.3 Å². The minimum atomic E-state index is -4.33. The minimum absolute atomic E-state index is 0.430. The molecule has 1 aromatic carbocycles. The van der Waals surface area contributed by atoms with Gasteiger partial charge >= 0.3 is 6.18 Å². The van der Waals surface area contributed by atoms with Crippen LogP contribution in [0.5, 0.6) is 0 Å². The Morgan fingerprint density at radius 2 is 1.88 bits per heavy atom. The third-order valence-corrected chi connectivity index (χ3v) is 2.28. The van der Waals surface area contributed by atoms with E-state index < -0.39 is 11.7 Å². The average molecular weight is 226 g/mol. The first kappa shape index (κ1) is 10.6. The number of benzene rings is 1. The van der Waals surface area contributed by atoms with Crippen LogP contribution in [0.3, 0.4) is 0 Å². The highest BCUT2D eigenvalue weighted by molar-refractivity contribution is 5.76. The minimum Gasteiger partial charge on any atom is -0.397 e. The zero-order valence-corrected chi connectivity index (χ0v) is 8.18. The number of nitrogen functional groups attached to an aromatic ring is 1. The van der Waals surface area contributed by atoms with E-state index in [1.807, 2.05) is 0 Å². The van der Waals surface area contributed by atoms with E-state index >= 15 is 0 Å². The topological polar surface area (TPSA) is 41.8 Å². The molecule has 84 valence electrons. The predicted octanol–water partition coefficient (Wildman–Crippen LogP) is 3.28. The predicted molar refractivity (Wildman–Crippen MR) is 55.6 cm³/mol. The molecule has 1 heterocycles. The molecule has 0 aliphatic rings. The van der Waals surface area contributed by atoms with Gasteiger partial charge in [-0.3, -0.25) is 0 Å². The standard InChI is InChI=1S/C11H9F3N2/c12-11(13,14)8-3-1-2-7(4-8)9-5-16-6-10(9)15/h1-6,16H,15H2. The number of alkyl halides is 3. The summed E-state index contributed by atoms with van der Waals surface area (Å²) in [7, 11) is 0. The fourth-order valence-corrected chi connectivity index (χ4v) is 1.49. The summed E-state index contributed by atoms with van der Waals surface area (Å²) in [6.45, 7) is 0. The highest BCUT2D eigenvalue weighted by atomic mass is 19.4. The Labute approximate surface area is 89.9 Å². The quantitative estimate of drug-likeness (QED) is 0.769. The molecule has 2 nitrogen and oxygen atoms in total. The Balaban J connectivity index is 2.49. The number of nitrogens with two attached hydrogens (primary N) is 1. The molecule has 2 aromatic rings. The second-order valence-electron chi connectivity index (χ2n) is 3.40. The molecule has 3 N–H and O–H groups in total. The number of hydrogen-bond acceptors (Lipinski definition) is 1. The van der Waals surface area contributed by atoms with Gasteiger partial charge in [-0.15, -0.1) is 0 Å². The van der Waals surface area contributed by atoms with Crippen LogP contribution in [0.2, 0.25) is 0 Å². The molecule has 5 heteroatoms. The molecule has 0 atom stereocenters. The zero-order valence-electron chi connectivity index (χ0n) is 8.18. The number of aromatic nitrogens is 1. The van der Waals surface area contributed by atoms with E-state index in [1.54, 1.807) is 12.3 Å². The summed E-state index contributed by atoms with van der Waals surface area (Å²) < 4.78 is 37.4. The number of hydrogen-bond donors (Lipinski definition) is 2.